The highest BCUT2D eigenvalue weighted by atomic mass is 35.5. The topological polar surface area (TPSA) is 93.7 Å². The summed E-state index contributed by atoms with van der Waals surface area (Å²) in [6.45, 7) is 6.54. The first-order valence-electron chi connectivity index (χ1n) is 7.90. The highest BCUT2D eigenvalue weighted by molar-refractivity contribution is 6.33. The number of nitrogens with one attached hydrogen (secondary N) is 2. The van der Waals surface area contributed by atoms with E-state index in [0.717, 1.165) is 12.1 Å². The van der Waals surface area contributed by atoms with Gasteiger partial charge in [0, 0.05) is 6.54 Å². The third-order valence-electron chi connectivity index (χ3n) is 2.86. The lowest BCUT2D eigenvalue weighted by Gasteiger charge is -2.19. The van der Waals surface area contributed by atoms with Gasteiger partial charge in [0.05, 0.1) is 17.1 Å². The van der Waals surface area contributed by atoms with Gasteiger partial charge in [-0.25, -0.2) is 9.18 Å². The van der Waals surface area contributed by atoms with Crippen LogP contribution in [0.1, 0.15) is 34.1 Å². The molecule has 2 N–H and O–H groups in total. The Labute approximate surface area is 156 Å². The zero-order chi connectivity index (χ0) is 19.9. The van der Waals surface area contributed by atoms with Crippen LogP contribution in [-0.2, 0) is 19.1 Å². The number of amides is 2. The Morgan fingerprint density at radius 3 is 2.50 bits per heavy atom. The molecule has 1 aromatic carbocycles. The molecule has 0 spiro atoms. The van der Waals surface area contributed by atoms with Gasteiger partial charge in [-0.3, -0.25) is 9.59 Å². The van der Waals surface area contributed by atoms with E-state index in [9.17, 15) is 18.8 Å². The van der Waals surface area contributed by atoms with Crippen molar-refractivity contribution >= 4 is 35.3 Å². The molecule has 0 bridgehead atoms. The minimum Gasteiger partial charge on any atom is -0.452 e. The molecule has 144 valence electrons. The lowest BCUT2D eigenvalue weighted by molar-refractivity contribution is -0.153. The summed E-state index contributed by atoms with van der Waals surface area (Å²) < 4.78 is 23.0. The van der Waals surface area contributed by atoms with Crippen molar-refractivity contribution in [2.24, 2.45) is 0 Å². The van der Waals surface area contributed by atoms with Crippen molar-refractivity contribution in [3.8, 4) is 0 Å². The molecule has 1 unspecified atom stereocenters. The Kier molecular flexibility index (Phi) is 7.82. The van der Waals surface area contributed by atoms with E-state index in [1.165, 1.54) is 13.0 Å². The van der Waals surface area contributed by atoms with Gasteiger partial charge < -0.3 is 20.1 Å². The maximum Gasteiger partial charge on any atom is 0.407 e. The van der Waals surface area contributed by atoms with Gasteiger partial charge in [-0.15, -0.1) is 0 Å². The van der Waals surface area contributed by atoms with Gasteiger partial charge in [-0.1, -0.05) is 11.6 Å². The molecule has 0 aromatic heterocycles. The number of carbonyl (C=O) groups excluding carboxylic acids is 3. The van der Waals surface area contributed by atoms with Crippen LogP contribution in [0.25, 0.3) is 0 Å². The van der Waals surface area contributed by atoms with E-state index < -0.39 is 35.5 Å². The standard InChI is InChI=1S/C17H22ClFN2O5/c1-10(15(23)21-13-6-5-11(19)9-12(13)18)25-14(22)7-8-20-16(24)26-17(2,3)4/h5-6,9-10H,7-8H2,1-4H3,(H,20,24)(H,21,23). The van der Waals surface area contributed by atoms with Gasteiger partial charge in [0.2, 0.25) is 0 Å². The molecule has 0 heterocycles. The number of carbonyl (C=O) groups is 3. The van der Waals surface area contributed by atoms with Crippen LogP contribution in [-0.4, -0.2) is 36.2 Å². The summed E-state index contributed by atoms with van der Waals surface area (Å²) in [5, 5.41) is 4.87. The van der Waals surface area contributed by atoms with Gasteiger partial charge in [0.1, 0.15) is 11.4 Å². The number of alkyl carbamates (subject to hydrolysis) is 1. The Morgan fingerprint density at radius 1 is 1.27 bits per heavy atom. The molecule has 26 heavy (non-hydrogen) atoms. The molecule has 0 saturated heterocycles. The Bertz CT molecular complexity index is 676. The second kappa shape index (κ2) is 9.38. The van der Waals surface area contributed by atoms with Crippen molar-refractivity contribution < 1.29 is 28.2 Å². The number of benzene rings is 1. The highest BCUT2D eigenvalue weighted by Crippen LogP contribution is 2.22. The zero-order valence-electron chi connectivity index (χ0n) is 15.0. The molecule has 7 nitrogen and oxygen atoms in total. The molecule has 0 fully saturated rings. The molecule has 0 aliphatic heterocycles. The molecule has 0 aliphatic rings. The number of rotatable bonds is 6. The summed E-state index contributed by atoms with van der Waals surface area (Å²) in [5.41, 5.74) is -0.439. The third kappa shape index (κ3) is 8.15. The summed E-state index contributed by atoms with van der Waals surface area (Å²) in [6, 6.07) is 3.49. The van der Waals surface area contributed by atoms with Crippen LogP contribution in [0.15, 0.2) is 18.2 Å². The molecule has 1 aromatic rings. The Morgan fingerprint density at radius 2 is 1.92 bits per heavy atom. The predicted molar refractivity (Wildman–Crippen MR) is 94.4 cm³/mol. The first kappa shape index (κ1) is 21.7. The van der Waals surface area contributed by atoms with E-state index in [4.69, 9.17) is 21.1 Å². The average molecular weight is 389 g/mol. The van der Waals surface area contributed by atoms with Gasteiger partial charge in [0.15, 0.2) is 6.10 Å². The van der Waals surface area contributed by atoms with Crippen LogP contribution in [0, 0.1) is 5.82 Å². The van der Waals surface area contributed by atoms with Crippen LogP contribution in [0.4, 0.5) is 14.9 Å². The first-order chi connectivity index (χ1) is 12.0. The van der Waals surface area contributed by atoms with Crippen molar-refractivity contribution in [3.05, 3.63) is 29.0 Å². The van der Waals surface area contributed by atoms with Crippen LogP contribution >= 0.6 is 11.6 Å². The number of hydrogen-bond acceptors (Lipinski definition) is 5. The van der Waals surface area contributed by atoms with E-state index in [1.807, 2.05) is 0 Å². The summed E-state index contributed by atoms with van der Waals surface area (Å²) >= 11 is 5.81. The molecule has 0 aliphatic carbocycles. The second-order valence-corrected chi connectivity index (χ2v) is 6.83. The van der Waals surface area contributed by atoms with Crippen LogP contribution in [0.3, 0.4) is 0 Å². The van der Waals surface area contributed by atoms with E-state index in [0.29, 0.717) is 0 Å². The fourth-order valence-corrected chi connectivity index (χ4v) is 1.93. The van der Waals surface area contributed by atoms with Gasteiger partial charge in [0.25, 0.3) is 5.91 Å². The van der Waals surface area contributed by atoms with Crippen molar-refractivity contribution in [1.29, 1.82) is 0 Å². The van der Waals surface area contributed by atoms with Crippen LogP contribution < -0.4 is 10.6 Å². The second-order valence-electron chi connectivity index (χ2n) is 6.42. The fourth-order valence-electron chi connectivity index (χ4n) is 1.72. The number of halogens is 2. The van der Waals surface area contributed by atoms with Crippen LogP contribution in [0.2, 0.25) is 5.02 Å². The Hall–Kier alpha value is -2.35. The fraction of sp³-hybridized carbons (Fsp3) is 0.471. The summed E-state index contributed by atoms with van der Waals surface area (Å²) in [4.78, 5) is 35.2. The number of hydrogen-bond donors (Lipinski definition) is 2. The van der Waals surface area contributed by atoms with Crippen molar-refractivity contribution in [2.75, 3.05) is 11.9 Å². The highest BCUT2D eigenvalue weighted by Gasteiger charge is 2.20. The SMILES string of the molecule is CC(OC(=O)CCNC(=O)OC(C)(C)C)C(=O)Nc1ccc(F)cc1Cl. The predicted octanol–water partition coefficient (Wildman–Crippen LogP) is 3.26. The lowest BCUT2D eigenvalue weighted by atomic mass is 10.2. The van der Waals surface area contributed by atoms with E-state index in [1.54, 1.807) is 20.8 Å². The number of esters is 1. The first-order valence-corrected chi connectivity index (χ1v) is 8.28. The van der Waals surface area contributed by atoms with Crippen molar-refractivity contribution in [2.45, 2.75) is 45.8 Å². The summed E-state index contributed by atoms with van der Waals surface area (Å²) in [6.07, 6.45) is -1.87. The van der Waals surface area contributed by atoms with Crippen molar-refractivity contribution in [3.63, 3.8) is 0 Å². The molecule has 1 rings (SSSR count). The lowest BCUT2D eigenvalue weighted by Crippen LogP contribution is -2.35. The minimum absolute atomic E-state index is 0.00583. The maximum atomic E-state index is 13.0. The van der Waals surface area contributed by atoms with Gasteiger partial charge >= 0.3 is 12.1 Å². The number of ether oxygens (including phenoxy) is 2. The smallest absolute Gasteiger partial charge is 0.407 e. The third-order valence-corrected chi connectivity index (χ3v) is 3.18. The molecular weight excluding hydrogens is 367 g/mol. The molecule has 1 atom stereocenters. The van der Waals surface area contributed by atoms with Gasteiger partial charge in [-0.05, 0) is 45.9 Å². The summed E-state index contributed by atoms with van der Waals surface area (Å²) in [5.74, 6) is -1.83. The molecular formula is C17H22ClFN2O5. The Balaban J connectivity index is 2.39. The van der Waals surface area contributed by atoms with Crippen molar-refractivity contribution in [1.82, 2.24) is 5.32 Å². The van der Waals surface area contributed by atoms with E-state index >= 15 is 0 Å². The van der Waals surface area contributed by atoms with E-state index in [2.05, 4.69) is 10.6 Å². The monoisotopic (exact) mass is 388 g/mol. The maximum absolute atomic E-state index is 13.0. The van der Waals surface area contributed by atoms with Gasteiger partial charge in [-0.2, -0.15) is 0 Å². The largest absolute Gasteiger partial charge is 0.452 e. The van der Waals surface area contributed by atoms with E-state index in [-0.39, 0.29) is 23.7 Å². The summed E-state index contributed by atoms with van der Waals surface area (Å²) in [7, 11) is 0. The normalized spacial score (nSPS) is 12.1. The quantitative estimate of drug-likeness (QED) is 0.729. The molecule has 0 radical (unpaired) electrons. The molecule has 9 heteroatoms. The molecule has 2 amide bonds. The molecule has 0 saturated carbocycles. The minimum atomic E-state index is -1.09. The number of anilines is 1. The van der Waals surface area contributed by atoms with Crippen LogP contribution in [0.5, 0.6) is 0 Å². The zero-order valence-corrected chi connectivity index (χ0v) is 15.8. The average Bonchev–Trinajstić information content (AvgIpc) is 2.48.